The summed E-state index contributed by atoms with van der Waals surface area (Å²) in [6, 6.07) is 1.80. The molecule has 3 aliphatic rings. The van der Waals surface area contributed by atoms with Crippen molar-refractivity contribution in [3.63, 3.8) is 0 Å². The summed E-state index contributed by atoms with van der Waals surface area (Å²) in [7, 11) is 0. The molecular weight excluding hydrogens is 264 g/mol. The summed E-state index contributed by atoms with van der Waals surface area (Å²) in [5, 5.41) is 3.72. The molecule has 3 fully saturated rings. The zero-order chi connectivity index (χ0) is 14.9. The third kappa shape index (κ3) is 3.14. The third-order valence-electron chi connectivity index (χ3n) is 5.95. The van der Waals surface area contributed by atoms with Crippen LogP contribution in [0.2, 0.25) is 0 Å². The van der Waals surface area contributed by atoms with Gasteiger partial charge in [-0.25, -0.2) is 0 Å². The molecule has 0 amide bonds. The van der Waals surface area contributed by atoms with E-state index in [0.717, 1.165) is 44.9 Å². The first-order valence-electron chi connectivity index (χ1n) is 8.92. The van der Waals surface area contributed by atoms with Crippen molar-refractivity contribution in [3.8, 4) is 0 Å². The normalized spacial score (nSPS) is 40.7. The van der Waals surface area contributed by atoms with Crippen molar-refractivity contribution in [2.75, 3.05) is 26.3 Å². The third-order valence-corrected chi connectivity index (χ3v) is 5.95. The minimum Gasteiger partial charge on any atom is -0.347 e. The van der Waals surface area contributed by atoms with Crippen LogP contribution in [0.25, 0.3) is 0 Å². The van der Waals surface area contributed by atoms with Crippen molar-refractivity contribution in [1.29, 1.82) is 0 Å². The molecule has 1 saturated carbocycles. The molecule has 122 valence electrons. The van der Waals surface area contributed by atoms with Gasteiger partial charge >= 0.3 is 0 Å². The molecule has 1 spiro atoms. The summed E-state index contributed by atoms with van der Waals surface area (Å²) >= 11 is 0. The van der Waals surface area contributed by atoms with Crippen molar-refractivity contribution in [1.82, 2.24) is 10.2 Å². The standard InChI is InChI=1S/C17H32N2O2/c1-4-18-15-7-8-17(20-10-11-21-17)12-16(15)19-9-5-6-13(2)14(19)3/h13-16,18H,4-12H2,1-3H3. The van der Waals surface area contributed by atoms with Gasteiger partial charge in [0.25, 0.3) is 0 Å². The van der Waals surface area contributed by atoms with Gasteiger partial charge in [-0.15, -0.1) is 0 Å². The second kappa shape index (κ2) is 6.53. The van der Waals surface area contributed by atoms with E-state index in [0.29, 0.717) is 18.1 Å². The van der Waals surface area contributed by atoms with Crippen molar-refractivity contribution < 1.29 is 9.47 Å². The molecule has 1 aliphatic carbocycles. The van der Waals surface area contributed by atoms with E-state index >= 15 is 0 Å². The summed E-state index contributed by atoms with van der Waals surface area (Å²) in [6.07, 6.45) is 5.93. The second-order valence-electron chi connectivity index (χ2n) is 7.18. The Morgan fingerprint density at radius 3 is 2.67 bits per heavy atom. The fraction of sp³-hybridized carbons (Fsp3) is 1.00. The molecule has 4 heteroatoms. The predicted molar refractivity (Wildman–Crippen MR) is 84.3 cm³/mol. The number of nitrogens with one attached hydrogen (secondary N) is 1. The summed E-state index contributed by atoms with van der Waals surface area (Å²) in [5.74, 6) is 0.515. The zero-order valence-electron chi connectivity index (χ0n) is 13.9. The maximum atomic E-state index is 6.01. The molecule has 2 heterocycles. The van der Waals surface area contributed by atoms with E-state index in [2.05, 4.69) is 31.0 Å². The van der Waals surface area contributed by atoms with Crippen LogP contribution in [0, 0.1) is 5.92 Å². The topological polar surface area (TPSA) is 33.7 Å². The maximum absolute atomic E-state index is 6.01. The van der Waals surface area contributed by atoms with E-state index < -0.39 is 0 Å². The first kappa shape index (κ1) is 15.7. The van der Waals surface area contributed by atoms with Gasteiger partial charge in [0.05, 0.1) is 13.2 Å². The van der Waals surface area contributed by atoms with Crippen LogP contribution in [0.3, 0.4) is 0 Å². The second-order valence-corrected chi connectivity index (χ2v) is 7.18. The molecule has 4 atom stereocenters. The molecule has 0 aromatic rings. The number of rotatable bonds is 3. The number of likely N-dealkylation sites (N-methyl/N-ethyl adjacent to an activating group) is 1. The van der Waals surface area contributed by atoms with Gasteiger partial charge in [-0.1, -0.05) is 13.8 Å². The lowest BCUT2D eigenvalue weighted by Gasteiger charge is -2.50. The van der Waals surface area contributed by atoms with Crippen LogP contribution < -0.4 is 5.32 Å². The van der Waals surface area contributed by atoms with E-state index in [1.807, 2.05) is 0 Å². The fourth-order valence-corrected chi connectivity index (χ4v) is 4.57. The molecule has 3 rings (SSSR count). The summed E-state index contributed by atoms with van der Waals surface area (Å²) in [4.78, 5) is 2.74. The maximum Gasteiger partial charge on any atom is 0.170 e. The fourth-order valence-electron chi connectivity index (χ4n) is 4.57. The van der Waals surface area contributed by atoms with Gasteiger partial charge in [-0.05, 0) is 45.2 Å². The van der Waals surface area contributed by atoms with Crippen LogP contribution in [0.4, 0.5) is 0 Å². The molecular formula is C17H32N2O2. The van der Waals surface area contributed by atoms with Crippen molar-refractivity contribution in [2.45, 2.75) is 76.8 Å². The monoisotopic (exact) mass is 296 g/mol. The minimum atomic E-state index is -0.281. The van der Waals surface area contributed by atoms with Gasteiger partial charge in [0, 0.05) is 31.0 Å². The Kier molecular flexibility index (Phi) is 4.89. The van der Waals surface area contributed by atoms with Crippen LogP contribution in [-0.4, -0.2) is 55.1 Å². The molecule has 1 N–H and O–H groups in total. The average molecular weight is 296 g/mol. The van der Waals surface area contributed by atoms with Crippen molar-refractivity contribution in [3.05, 3.63) is 0 Å². The highest BCUT2D eigenvalue weighted by Crippen LogP contribution is 2.40. The number of hydrogen-bond acceptors (Lipinski definition) is 4. The first-order chi connectivity index (χ1) is 10.2. The van der Waals surface area contributed by atoms with Gasteiger partial charge < -0.3 is 14.8 Å². The van der Waals surface area contributed by atoms with Crippen molar-refractivity contribution in [2.24, 2.45) is 5.92 Å². The van der Waals surface area contributed by atoms with Gasteiger partial charge in [-0.2, -0.15) is 0 Å². The molecule has 21 heavy (non-hydrogen) atoms. The summed E-state index contributed by atoms with van der Waals surface area (Å²) in [5.41, 5.74) is 0. The SMILES string of the molecule is CCNC1CCC2(CC1N1CCCC(C)C1C)OCCO2. The highest BCUT2D eigenvalue weighted by molar-refractivity contribution is 4.99. The van der Waals surface area contributed by atoms with Crippen LogP contribution in [-0.2, 0) is 9.47 Å². The number of nitrogens with zero attached hydrogens (tertiary/aromatic N) is 1. The van der Waals surface area contributed by atoms with Crippen LogP contribution in [0.5, 0.6) is 0 Å². The number of likely N-dealkylation sites (tertiary alicyclic amines) is 1. The zero-order valence-corrected chi connectivity index (χ0v) is 13.9. The lowest BCUT2D eigenvalue weighted by Crippen LogP contribution is -2.61. The Bertz CT molecular complexity index is 344. The van der Waals surface area contributed by atoms with E-state index in [9.17, 15) is 0 Å². The van der Waals surface area contributed by atoms with Gasteiger partial charge in [0.1, 0.15) is 0 Å². The van der Waals surface area contributed by atoms with Crippen molar-refractivity contribution >= 4 is 0 Å². The number of hydrogen-bond donors (Lipinski definition) is 1. The highest BCUT2D eigenvalue weighted by Gasteiger charge is 2.48. The van der Waals surface area contributed by atoms with E-state index in [-0.39, 0.29) is 5.79 Å². The molecule has 0 aromatic heterocycles. The van der Waals surface area contributed by atoms with Crippen LogP contribution >= 0.6 is 0 Å². The van der Waals surface area contributed by atoms with Gasteiger partial charge in [0.15, 0.2) is 5.79 Å². The number of piperidine rings is 1. The van der Waals surface area contributed by atoms with E-state index in [1.54, 1.807) is 0 Å². The Hall–Kier alpha value is -0.160. The Balaban J connectivity index is 1.76. The molecule has 0 aromatic carbocycles. The molecule has 4 nitrogen and oxygen atoms in total. The smallest absolute Gasteiger partial charge is 0.170 e. The Morgan fingerprint density at radius 2 is 1.95 bits per heavy atom. The molecule has 4 unspecified atom stereocenters. The lowest BCUT2D eigenvalue weighted by molar-refractivity contribution is -0.197. The summed E-state index contributed by atoms with van der Waals surface area (Å²) < 4.78 is 12.0. The van der Waals surface area contributed by atoms with Gasteiger partial charge in [-0.3, -0.25) is 4.90 Å². The summed E-state index contributed by atoms with van der Waals surface area (Å²) in [6.45, 7) is 10.8. The van der Waals surface area contributed by atoms with Crippen LogP contribution in [0.1, 0.15) is 52.9 Å². The number of ether oxygens (including phenoxy) is 2. The molecule has 0 bridgehead atoms. The lowest BCUT2D eigenvalue weighted by atomic mass is 9.81. The Morgan fingerprint density at radius 1 is 1.19 bits per heavy atom. The highest BCUT2D eigenvalue weighted by atomic mass is 16.7. The molecule has 0 radical (unpaired) electrons. The Labute approximate surface area is 129 Å². The van der Waals surface area contributed by atoms with Gasteiger partial charge in [0.2, 0.25) is 0 Å². The quantitative estimate of drug-likeness (QED) is 0.867. The van der Waals surface area contributed by atoms with Crippen LogP contribution in [0.15, 0.2) is 0 Å². The molecule has 2 aliphatic heterocycles. The average Bonchev–Trinajstić information content (AvgIpc) is 2.93. The molecule has 2 saturated heterocycles. The van der Waals surface area contributed by atoms with E-state index in [1.165, 1.54) is 19.4 Å². The predicted octanol–water partition coefficient (Wildman–Crippen LogP) is 2.38. The largest absolute Gasteiger partial charge is 0.347 e. The minimum absolute atomic E-state index is 0.281. The first-order valence-corrected chi connectivity index (χ1v) is 8.92. The van der Waals surface area contributed by atoms with E-state index in [4.69, 9.17) is 9.47 Å².